The third-order valence-corrected chi connectivity index (χ3v) is 8.25. The molecule has 7 heteroatoms. The standard InChI is InChI=1S/C13H21NO3S3/c1-18-13(7-2-3-8-13)10-14-20(16,17)12-5-4-11(19-12)6-9-15/h4-5,14-15H,2-3,6-10H2,1H3. The molecule has 2 rings (SSSR count). The highest BCUT2D eigenvalue weighted by Crippen LogP contribution is 2.39. The Kier molecular flexibility index (Phi) is 5.53. The molecule has 1 fully saturated rings. The Labute approximate surface area is 129 Å². The Morgan fingerprint density at radius 1 is 1.40 bits per heavy atom. The number of sulfonamides is 1. The van der Waals surface area contributed by atoms with E-state index in [4.69, 9.17) is 5.11 Å². The van der Waals surface area contributed by atoms with E-state index in [2.05, 4.69) is 11.0 Å². The molecule has 1 heterocycles. The van der Waals surface area contributed by atoms with Gasteiger partial charge in [-0.2, -0.15) is 11.8 Å². The summed E-state index contributed by atoms with van der Waals surface area (Å²) in [7, 11) is -3.42. The Morgan fingerprint density at radius 2 is 2.10 bits per heavy atom. The van der Waals surface area contributed by atoms with E-state index in [-0.39, 0.29) is 11.4 Å². The second kappa shape index (κ2) is 6.79. The van der Waals surface area contributed by atoms with E-state index in [1.807, 2.05) is 0 Å². The molecule has 1 aliphatic rings. The van der Waals surface area contributed by atoms with Gasteiger partial charge in [0.15, 0.2) is 0 Å². The lowest BCUT2D eigenvalue weighted by molar-refractivity contribution is 0.300. The minimum Gasteiger partial charge on any atom is -0.396 e. The van der Waals surface area contributed by atoms with Gasteiger partial charge in [0.1, 0.15) is 4.21 Å². The summed E-state index contributed by atoms with van der Waals surface area (Å²) in [6, 6.07) is 3.40. The van der Waals surface area contributed by atoms with Crippen molar-refractivity contribution in [2.45, 2.75) is 41.1 Å². The van der Waals surface area contributed by atoms with E-state index >= 15 is 0 Å². The Morgan fingerprint density at radius 3 is 2.70 bits per heavy atom. The molecule has 1 saturated carbocycles. The number of thioether (sulfide) groups is 1. The third-order valence-electron chi connectivity index (χ3n) is 3.79. The van der Waals surface area contributed by atoms with Crippen molar-refractivity contribution in [1.29, 1.82) is 0 Å². The molecule has 0 spiro atoms. The summed E-state index contributed by atoms with van der Waals surface area (Å²) >= 11 is 3.01. The first-order valence-corrected chi connectivity index (χ1v) is 10.3. The molecule has 0 unspecified atom stereocenters. The molecule has 0 atom stereocenters. The van der Waals surface area contributed by atoms with Gasteiger partial charge in [-0.05, 0) is 31.2 Å². The van der Waals surface area contributed by atoms with Crippen LogP contribution in [0.15, 0.2) is 16.3 Å². The summed E-state index contributed by atoms with van der Waals surface area (Å²) in [5.74, 6) is 0. The Balaban J connectivity index is 2.03. The van der Waals surface area contributed by atoms with Crippen LogP contribution in [0.2, 0.25) is 0 Å². The topological polar surface area (TPSA) is 66.4 Å². The van der Waals surface area contributed by atoms with Crippen LogP contribution in [0, 0.1) is 0 Å². The van der Waals surface area contributed by atoms with E-state index in [9.17, 15) is 8.42 Å². The molecule has 1 aromatic heterocycles. The molecule has 0 amide bonds. The fraction of sp³-hybridized carbons (Fsp3) is 0.692. The zero-order valence-corrected chi connectivity index (χ0v) is 14.0. The second-order valence-electron chi connectivity index (χ2n) is 5.11. The summed E-state index contributed by atoms with van der Waals surface area (Å²) in [5, 5.41) is 8.88. The van der Waals surface area contributed by atoms with Gasteiger partial charge in [0.25, 0.3) is 0 Å². The van der Waals surface area contributed by atoms with Crippen molar-refractivity contribution in [3.05, 3.63) is 17.0 Å². The molecule has 20 heavy (non-hydrogen) atoms. The van der Waals surface area contributed by atoms with E-state index < -0.39 is 10.0 Å². The second-order valence-corrected chi connectivity index (χ2v) is 9.55. The van der Waals surface area contributed by atoms with Gasteiger partial charge in [0.2, 0.25) is 10.0 Å². The van der Waals surface area contributed by atoms with Crippen LogP contribution in [0.3, 0.4) is 0 Å². The summed E-state index contributed by atoms with van der Waals surface area (Å²) in [6.45, 7) is 0.548. The van der Waals surface area contributed by atoms with Crippen LogP contribution in [-0.2, 0) is 16.4 Å². The van der Waals surface area contributed by atoms with Crippen molar-refractivity contribution in [2.24, 2.45) is 0 Å². The van der Waals surface area contributed by atoms with Gasteiger partial charge in [-0.15, -0.1) is 11.3 Å². The molecule has 4 nitrogen and oxygen atoms in total. The summed E-state index contributed by atoms with van der Waals surface area (Å²) in [5.41, 5.74) is 0. The van der Waals surface area contributed by atoms with Gasteiger partial charge in [-0.3, -0.25) is 0 Å². The molecule has 0 aliphatic heterocycles. The van der Waals surface area contributed by atoms with Gasteiger partial charge in [-0.1, -0.05) is 12.8 Å². The molecule has 2 N–H and O–H groups in total. The van der Waals surface area contributed by atoms with Crippen molar-refractivity contribution >= 4 is 33.1 Å². The van der Waals surface area contributed by atoms with Gasteiger partial charge in [0, 0.05) is 29.2 Å². The number of rotatable bonds is 7. The largest absolute Gasteiger partial charge is 0.396 e. The zero-order valence-electron chi connectivity index (χ0n) is 11.6. The van der Waals surface area contributed by atoms with Crippen LogP contribution < -0.4 is 4.72 Å². The van der Waals surface area contributed by atoms with Crippen LogP contribution >= 0.6 is 23.1 Å². The van der Waals surface area contributed by atoms with E-state index in [1.54, 1.807) is 23.9 Å². The van der Waals surface area contributed by atoms with Crippen LogP contribution in [-0.4, -0.2) is 37.7 Å². The number of thiophene rings is 1. The predicted molar refractivity (Wildman–Crippen MR) is 85.0 cm³/mol. The number of nitrogens with one attached hydrogen (secondary N) is 1. The van der Waals surface area contributed by atoms with Crippen molar-refractivity contribution in [3.8, 4) is 0 Å². The Bertz CT molecular complexity index is 533. The zero-order chi connectivity index (χ0) is 14.6. The van der Waals surface area contributed by atoms with Crippen molar-refractivity contribution in [3.63, 3.8) is 0 Å². The molecule has 0 radical (unpaired) electrons. The molecule has 1 aliphatic carbocycles. The maximum Gasteiger partial charge on any atom is 0.250 e. The average Bonchev–Trinajstić information content (AvgIpc) is 3.07. The van der Waals surface area contributed by atoms with Gasteiger partial charge in [0.05, 0.1) is 0 Å². The Hall–Kier alpha value is -0.0800. The number of aliphatic hydroxyl groups is 1. The predicted octanol–water partition coefficient (Wildman–Crippen LogP) is 2.24. The van der Waals surface area contributed by atoms with Gasteiger partial charge < -0.3 is 5.11 Å². The molecule has 1 aromatic rings. The van der Waals surface area contributed by atoms with Crippen LogP contribution in [0.25, 0.3) is 0 Å². The fourth-order valence-electron chi connectivity index (χ4n) is 2.52. The fourth-order valence-corrected chi connectivity index (χ4v) is 6.04. The highest BCUT2D eigenvalue weighted by atomic mass is 32.2. The quantitative estimate of drug-likeness (QED) is 0.802. The number of aliphatic hydroxyl groups excluding tert-OH is 1. The first-order chi connectivity index (χ1) is 9.51. The SMILES string of the molecule is CSC1(CNS(=O)(=O)c2ccc(CCO)s2)CCCC1. The molecular weight excluding hydrogens is 314 g/mol. The van der Waals surface area contributed by atoms with Crippen LogP contribution in [0.5, 0.6) is 0 Å². The lowest BCUT2D eigenvalue weighted by Crippen LogP contribution is -2.38. The number of hydrogen-bond donors (Lipinski definition) is 2. The van der Waals surface area contributed by atoms with E-state index in [1.165, 1.54) is 24.2 Å². The molecule has 0 aromatic carbocycles. The summed E-state index contributed by atoms with van der Waals surface area (Å²) < 4.78 is 27.8. The van der Waals surface area contributed by atoms with E-state index in [0.29, 0.717) is 17.2 Å². The maximum atomic E-state index is 12.3. The lowest BCUT2D eigenvalue weighted by Gasteiger charge is -2.26. The molecular formula is C13H21NO3S3. The van der Waals surface area contributed by atoms with Crippen molar-refractivity contribution in [1.82, 2.24) is 4.72 Å². The molecule has 114 valence electrons. The van der Waals surface area contributed by atoms with Crippen molar-refractivity contribution in [2.75, 3.05) is 19.4 Å². The summed E-state index contributed by atoms with van der Waals surface area (Å²) in [6.07, 6.45) is 7.09. The van der Waals surface area contributed by atoms with E-state index in [0.717, 1.165) is 17.7 Å². The first kappa shape index (κ1) is 16.3. The normalized spacial score (nSPS) is 18.5. The van der Waals surface area contributed by atoms with Gasteiger partial charge >= 0.3 is 0 Å². The average molecular weight is 336 g/mol. The highest BCUT2D eigenvalue weighted by molar-refractivity contribution is 8.00. The minimum absolute atomic E-state index is 0.0447. The van der Waals surface area contributed by atoms with Gasteiger partial charge in [-0.25, -0.2) is 13.1 Å². The van der Waals surface area contributed by atoms with Crippen LogP contribution in [0.4, 0.5) is 0 Å². The maximum absolute atomic E-state index is 12.3. The van der Waals surface area contributed by atoms with Crippen LogP contribution in [0.1, 0.15) is 30.6 Å². The first-order valence-electron chi connectivity index (χ1n) is 6.76. The molecule has 0 saturated heterocycles. The minimum atomic E-state index is -3.42. The monoisotopic (exact) mass is 335 g/mol. The smallest absolute Gasteiger partial charge is 0.250 e. The molecule has 0 bridgehead atoms. The number of hydrogen-bond acceptors (Lipinski definition) is 5. The summed E-state index contributed by atoms with van der Waals surface area (Å²) in [4.78, 5) is 0.897. The van der Waals surface area contributed by atoms with Crippen molar-refractivity contribution < 1.29 is 13.5 Å². The lowest BCUT2D eigenvalue weighted by atomic mass is 10.1. The third kappa shape index (κ3) is 3.76. The highest BCUT2D eigenvalue weighted by Gasteiger charge is 2.34.